The van der Waals surface area contributed by atoms with Gasteiger partial charge in [0.05, 0.1) is 33.6 Å². The van der Waals surface area contributed by atoms with E-state index in [1.54, 1.807) is 0 Å². The molecular weight excluding hydrogens is 295 g/mol. The second kappa shape index (κ2) is 5.69. The van der Waals surface area contributed by atoms with Gasteiger partial charge in [0.25, 0.3) is 5.91 Å². The minimum Gasteiger partial charge on any atom is -0.398 e. The molecule has 0 aromatic heterocycles. The lowest BCUT2D eigenvalue weighted by Gasteiger charge is -2.12. The van der Waals surface area contributed by atoms with Gasteiger partial charge in [0.1, 0.15) is 5.82 Å². The number of nitriles is 1. The summed E-state index contributed by atoms with van der Waals surface area (Å²) < 4.78 is 13.9. The summed E-state index contributed by atoms with van der Waals surface area (Å²) in [5.74, 6) is -1.42. The lowest BCUT2D eigenvalue weighted by molar-refractivity contribution is 0.100. The molecule has 0 aliphatic heterocycles. The first kappa shape index (κ1) is 14.6. The first-order valence-electron chi connectivity index (χ1n) is 5.78. The largest absolute Gasteiger partial charge is 0.398 e. The van der Waals surface area contributed by atoms with E-state index in [4.69, 9.17) is 28.3 Å². The third kappa shape index (κ3) is 3.04. The predicted octanol–water partition coefficient (Wildman–Crippen LogP) is 2.78. The van der Waals surface area contributed by atoms with Crippen LogP contribution in [0.15, 0.2) is 30.3 Å². The molecule has 2 aromatic rings. The second-order valence-electron chi connectivity index (χ2n) is 4.21. The van der Waals surface area contributed by atoms with Gasteiger partial charge in [-0.05, 0) is 30.3 Å². The van der Waals surface area contributed by atoms with Gasteiger partial charge >= 0.3 is 0 Å². The van der Waals surface area contributed by atoms with E-state index in [2.05, 4.69) is 5.32 Å². The highest BCUT2D eigenvalue weighted by Gasteiger charge is 2.13. The number of carbonyl (C=O) groups is 1. The molecule has 106 valence electrons. The van der Waals surface area contributed by atoms with Crippen LogP contribution in [0, 0.1) is 17.1 Å². The molecule has 0 spiro atoms. The third-order valence-electron chi connectivity index (χ3n) is 2.77. The van der Waals surface area contributed by atoms with E-state index in [1.807, 2.05) is 6.07 Å². The van der Waals surface area contributed by atoms with Crippen LogP contribution in [-0.2, 0) is 0 Å². The lowest BCUT2D eigenvalue weighted by Crippen LogP contribution is -2.14. The van der Waals surface area contributed by atoms with Crippen molar-refractivity contribution in [2.24, 2.45) is 5.73 Å². The number of amides is 1. The molecule has 0 heterocycles. The number of nitrogens with zero attached hydrogens (tertiary/aromatic N) is 1. The highest BCUT2D eigenvalue weighted by atomic mass is 35.5. The Morgan fingerprint density at radius 1 is 1.29 bits per heavy atom. The van der Waals surface area contributed by atoms with Crippen LogP contribution in [0.4, 0.5) is 21.5 Å². The SMILES string of the molecule is N#Cc1ccc(Nc2cc(C(N)=O)c(N)cc2F)c(Cl)c1. The molecule has 0 radical (unpaired) electrons. The number of nitrogen functional groups attached to an aromatic ring is 1. The van der Waals surface area contributed by atoms with E-state index in [1.165, 1.54) is 24.3 Å². The predicted molar refractivity (Wildman–Crippen MR) is 78.8 cm³/mol. The van der Waals surface area contributed by atoms with E-state index in [0.717, 1.165) is 6.07 Å². The molecule has 21 heavy (non-hydrogen) atoms. The Morgan fingerprint density at radius 2 is 2.00 bits per heavy atom. The third-order valence-corrected chi connectivity index (χ3v) is 3.08. The quantitative estimate of drug-likeness (QED) is 0.758. The van der Waals surface area contributed by atoms with Crippen molar-refractivity contribution in [2.75, 3.05) is 11.1 Å². The molecule has 0 saturated heterocycles. The first-order valence-corrected chi connectivity index (χ1v) is 6.15. The Labute approximate surface area is 124 Å². The van der Waals surface area contributed by atoms with Crippen molar-refractivity contribution in [3.05, 3.63) is 52.3 Å². The van der Waals surface area contributed by atoms with Crippen molar-refractivity contribution < 1.29 is 9.18 Å². The van der Waals surface area contributed by atoms with Gasteiger partial charge in [-0.15, -0.1) is 0 Å². The number of hydrogen-bond donors (Lipinski definition) is 3. The fourth-order valence-electron chi connectivity index (χ4n) is 1.73. The van der Waals surface area contributed by atoms with E-state index < -0.39 is 11.7 Å². The van der Waals surface area contributed by atoms with Crippen LogP contribution < -0.4 is 16.8 Å². The van der Waals surface area contributed by atoms with E-state index in [0.29, 0.717) is 11.3 Å². The number of rotatable bonds is 3. The van der Waals surface area contributed by atoms with Gasteiger partial charge in [0.2, 0.25) is 0 Å². The van der Waals surface area contributed by atoms with Crippen LogP contribution in [0.1, 0.15) is 15.9 Å². The van der Waals surface area contributed by atoms with Crippen LogP contribution in [-0.4, -0.2) is 5.91 Å². The first-order chi connectivity index (χ1) is 9.92. The highest BCUT2D eigenvalue weighted by Crippen LogP contribution is 2.29. The van der Waals surface area contributed by atoms with Gasteiger partial charge in [0.15, 0.2) is 0 Å². The smallest absolute Gasteiger partial charge is 0.250 e. The van der Waals surface area contributed by atoms with Crippen LogP contribution in [0.5, 0.6) is 0 Å². The van der Waals surface area contributed by atoms with Gasteiger partial charge in [-0.1, -0.05) is 11.6 Å². The van der Waals surface area contributed by atoms with Crippen molar-refractivity contribution in [1.29, 1.82) is 5.26 Å². The van der Waals surface area contributed by atoms with Gasteiger partial charge in [-0.3, -0.25) is 4.79 Å². The summed E-state index contributed by atoms with van der Waals surface area (Å²) in [4.78, 5) is 11.2. The minimum absolute atomic E-state index is 0.00340. The number of primary amides is 1. The number of nitrogens with one attached hydrogen (secondary N) is 1. The molecule has 1 amide bonds. The summed E-state index contributed by atoms with van der Waals surface area (Å²) in [6.45, 7) is 0. The number of halogens is 2. The fraction of sp³-hybridized carbons (Fsp3) is 0. The molecule has 0 aliphatic carbocycles. The summed E-state index contributed by atoms with van der Waals surface area (Å²) in [5, 5.41) is 11.7. The number of hydrogen-bond acceptors (Lipinski definition) is 4. The van der Waals surface area contributed by atoms with Gasteiger partial charge in [-0.2, -0.15) is 5.26 Å². The highest BCUT2D eigenvalue weighted by molar-refractivity contribution is 6.33. The number of anilines is 3. The molecule has 2 rings (SSSR count). The van der Waals surface area contributed by atoms with Crippen LogP contribution in [0.2, 0.25) is 5.02 Å². The lowest BCUT2D eigenvalue weighted by atomic mass is 10.1. The Hall–Kier alpha value is -2.78. The van der Waals surface area contributed by atoms with E-state index >= 15 is 0 Å². The zero-order valence-corrected chi connectivity index (χ0v) is 11.4. The summed E-state index contributed by atoms with van der Waals surface area (Å²) >= 11 is 5.99. The van der Waals surface area contributed by atoms with Crippen LogP contribution in [0.25, 0.3) is 0 Å². The van der Waals surface area contributed by atoms with E-state index in [-0.39, 0.29) is 22.0 Å². The topological polar surface area (TPSA) is 105 Å². The Bertz CT molecular complexity index is 770. The maximum Gasteiger partial charge on any atom is 0.250 e. The monoisotopic (exact) mass is 304 g/mol. The molecular formula is C14H10ClFN4O. The summed E-state index contributed by atoms with van der Waals surface area (Å²) in [6, 6.07) is 8.64. The van der Waals surface area contributed by atoms with Crippen molar-refractivity contribution >= 4 is 34.6 Å². The normalized spacial score (nSPS) is 9.95. The second-order valence-corrected chi connectivity index (χ2v) is 4.62. The maximum atomic E-state index is 13.9. The minimum atomic E-state index is -0.763. The Kier molecular flexibility index (Phi) is 3.96. The van der Waals surface area contributed by atoms with Crippen LogP contribution in [0.3, 0.4) is 0 Å². The summed E-state index contributed by atoms with van der Waals surface area (Å²) in [5.41, 5.74) is 11.4. The van der Waals surface area contributed by atoms with Gasteiger partial charge in [0, 0.05) is 5.69 Å². The molecule has 0 atom stereocenters. The molecule has 0 bridgehead atoms. The van der Waals surface area contributed by atoms with Crippen molar-refractivity contribution in [3.8, 4) is 6.07 Å². The Morgan fingerprint density at radius 3 is 2.57 bits per heavy atom. The van der Waals surface area contributed by atoms with Crippen molar-refractivity contribution in [2.45, 2.75) is 0 Å². The molecule has 0 saturated carbocycles. The maximum absolute atomic E-state index is 13.9. The fourth-order valence-corrected chi connectivity index (χ4v) is 1.96. The van der Waals surface area contributed by atoms with Crippen molar-refractivity contribution in [3.63, 3.8) is 0 Å². The van der Waals surface area contributed by atoms with Gasteiger partial charge in [-0.25, -0.2) is 4.39 Å². The van der Waals surface area contributed by atoms with Crippen LogP contribution >= 0.6 is 11.6 Å². The number of carbonyl (C=O) groups excluding carboxylic acids is 1. The molecule has 0 aliphatic rings. The summed E-state index contributed by atoms with van der Waals surface area (Å²) in [7, 11) is 0. The zero-order valence-electron chi connectivity index (χ0n) is 10.7. The average molecular weight is 305 g/mol. The number of nitrogens with two attached hydrogens (primary N) is 2. The van der Waals surface area contributed by atoms with E-state index in [9.17, 15) is 9.18 Å². The molecule has 5 nitrogen and oxygen atoms in total. The number of benzene rings is 2. The standard InChI is InChI=1S/C14H10ClFN4O/c15-9-3-7(6-17)1-2-12(9)20-13-4-8(14(19)21)11(18)5-10(13)16/h1-5,20H,18H2,(H2,19,21). The summed E-state index contributed by atoms with van der Waals surface area (Å²) in [6.07, 6.45) is 0. The zero-order chi connectivity index (χ0) is 15.6. The molecule has 0 unspecified atom stereocenters. The average Bonchev–Trinajstić information content (AvgIpc) is 2.43. The molecule has 0 fully saturated rings. The van der Waals surface area contributed by atoms with Gasteiger partial charge < -0.3 is 16.8 Å². The van der Waals surface area contributed by atoms with Crippen molar-refractivity contribution in [1.82, 2.24) is 0 Å². The molecule has 5 N–H and O–H groups in total. The molecule has 2 aromatic carbocycles. The molecule has 7 heteroatoms. The Balaban J connectivity index is 2.42.